The molecule has 0 spiro atoms. The second-order valence-electron chi connectivity index (χ2n) is 6.97. The molecular weight excluding hydrogens is 373 g/mol. The summed E-state index contributed by atoms with van der Waals surface area (Å²) in [6.45, 7) is 0.627. The van der Waals surface area contributed by atoms with Crippen LogP contribution in [-0.4, -0.2) is 21.8 Å². The van der Waals surface area contributed by atoms with Gasteiger partial charge in [0.15, 0.2) is 4.96 Å². The largest absolute Gasteiger partial charge is 0.312 e. The van der Waals surface area contributed by atoms with E-state index in [4.69, 9.17) is 0 Å². The SMILES string of the molecule is O=C(Cc1csc2nc(-c3ccccc3)cn12)N1CCCc2ccc(F)cc21. The van der Waals surface area contributed by atoms with E-state index >= 15 is 0 Å². The van der Waals surface area contributed by atoms with Crippen molar-refractivity contribution in [1.82, 2.24) is 9.38 Å². The number of thiazole rings is 1. The van der Waals surface area contributed by atoms with E-state index in [0.29, 0.717) is 12.2 Å². The van der Waals surface area contributed by atoms with Gasteiger partial charge in [-0.25, -0.2) is 9.37 Å². The van der Waals surface area contributed by atoms with Crippen LogP contribution in [0.25, 0.3) is 16.2 Å². The highest BCUT2D eigenvalue weighted by atomic mass is 32.1. The molecular formula is C22H18FN3OS. The van der Waals surface area contributed by atoms with Crippen LogP contribution in [0.2, 0.25) is 0 Å². The Morgan fingerprint density at radius 1 is 1.18 bits per heavy atom. The van der Waals surface area contributed by atoms with E-state index in [2.05, 4.69) is 4.98 Å². The van der Waals surface area contributed by atoms with Crippen molar-refractivity contribution in [3.63, 3.8) is 0 Å². The van der Waals surface area contributed by atoms with Crippen molar-refractivity contribution >= 4 is 27.9 Å². The third kappa shape index (κ3) is 2.99. The molecule has 1 aliphatic heterocycles. The number of anilines is 1. The van der Waals surface area contributed by atoms with Gasteiger partial charge in [-0.15, -0.1) is 11.3 Å². The number of hydrogen-bond acceptors (Lipinski definition) is 3. The third-order valence-electron chi connectivity index (χ3n) is 5.15. The number of benzene rings is 2. The van der Waals surface area contributed by atoms with Gasteiger partial charge in [-0.1, -0.05) is 36.4 Å². The maximum Gasteiger partial charge on any atom is 0.232 e. The van der Waals surface area contributed by atoms with Gasteiger partial charge in [-0.2, -0.15) is 0 Å². The van der Waals surface area contributed by atoms with Crippen molar-refractivity contribution in [2.45, 2.75) is 19.3 Å². The lowest BCUT2D eigenvalue weighted by molar-refractivity contribution is -0.118. The van der Waals surface area contributed by atoms with Crippen molar-refractivity contribution in [3.8, 4) is 11.3 Å². The molecule has 0 saturated heterocycles. The number of aryl methyl sites for hydroxylation is 1. The average molecular weight is 391 g/mol. The first-order valence-electron chi connectivity index (χ1n) is 9.29. The molecule has 0 saturated carbocycles. The van der Waals surface area contributed by atoms with Crippen LogP contribution in [-0.2, 0) is 17.6 Å². The zero-order valence-corrected chi connectivity index (χ0v) is 16.0. The molecule has 0 aliphatic carbocycles. The monoisotopic (exact) mass is 391 g/mol. The van der Waals surface area contributed by atoms with Gasteiger partial charge in [-0.05, 0) is 30.5 Å². The van der Waals surface area contributed by atoms with Crippen LogP contribution in [0.5, 0.6) is 0 Å². The van der Waals surface area contributed by atoms with E-state index in [-0.39, 0.29) is 18.1 Å². The number of hydrogen-bond donors (Lipinski definition) is 0. The molecule has 140 valence electrons. The third-order valence-corrected chi connectivity index (χ3v) is 6.04. The van der Waals surface area contributed by atoms with E-state index in [1.165, 1.54) is 23.5 Å². The highest BCUT2D eigenvalue weighted by molar-refractivity contribution is 7.15. The molecule has 2 aromatic carbocycles. The van der Waals surface area contributed by atoms with Crippen LogP contribution in [0, 0.1) is 5.82 Å². The van der Waals surface area contributed by atoms with Crippen molar-refractivity contribution in [3.05, 3.63) is 77.2 Å². The van der Waals surface area contributed by atoms with Crippen LogP contribution < -0.4 is 4.90 Å². The molecule has 6 heteroatoms. The molecule has 1 aliphatic rings. The van der Waals surface area contributed by atoms with Crippen LogP contribution in [0.3, 0.4) is 0 Å². The highest BCUT2D eigenvalue weighted by Crippen LogP contribution is 2.29. The van der Waals surface area contributed by atoms with Gasteiger partial charge in [0.05, 0.1) is 12.1 Å². The fraction of sp³-hybridized carbons (Fsp3) is 0.182. The highest BCUT2D eigenvalue weighted by Gasteiger charge is 2.24. The minimum Gasteiger partial charge on any atom is -0.312 e. The Bertz CT molecular complexity index is 1170. The predicted octanol–water partition coefficient (Wildman–Crippen LogP) is 4.72. The Morgan fingerprint density at radius 2 is 2.04 bits per heavy atom. The summed E-state index contributed by atoms with van der Waals surface area (Å²) in [5.74, 6) is -0.320. The number of carbonyl (C=O) groups is 1. The molecule has 0 unspecified atom stereocenters. The summed E-state index contributed by atoms with van der Waals surface area (Å²) >= 11 is 1.53. The fourth-order valence-corrected chi connectivity index (χ4v) is 4.63. The zero-order valence-electron chi connectivity index (χ0n) is 15.1. The predicted molar refractivity (Wildman–Crippen MR) is 109 cm³/mol. The molecule has 3 heterocycles. The molecule has 28 heavy (non-hydrogen) atoms. The molecule has 5 rings (SSSR count). The number of aromatic nitrogens is 2. The lowest BCUT2D eigenvalue weighted by Gasteiger charge is -2.29. The minimum atomic E-state index is -0.307. The van der Waals surface area contributed by atoms with E-state index in [9.17, 15) is 9.18 Å². The number of imidazole rings is 1. The Balaban J connectivity index is 1.44. The van der Waals surface area contributed by atoms with Crippen LogP contribution in [0.1, 0.15) is 17.7 Å². The lowest BCUT2D eigenvalue weighted by Crippen LogP contribution is -2.36. The standard InChI is InChI=1S/C22H18FN3OS/c23-17-9-8-16-7-4-10-25(20(16)11-17)21(27)12-18-14-28-22-24-19(13-26(18)22)15-5-2-1-3-6-15/h1-3,5-6,8-9,11,13-14H,4,7,10,12H2. The Morgan fingerprint density at radius 3 is 2.89 bits per heavy atom. The number of amides is 1. The molecule has 4 aromatic rings. The van der Waals surface area contributed by atoms with Crippen molar-refractivity contribution in [2.24, 2.45) is 0 Å². The molecule has 0 bridgehead atoms. The molecule has 0 fully saturated rings. The van der Waals surface area contributed by atoms with Gasteiger partial charge in [0.1, 0.15) is 5.82 Å². The summed E-state index contributed by atoms with van der Waals surface area (Å²) in [5.41, 5.74) is 4.59. The number of fused-ring (bicyclic) bond motifs is 2. The topological polar surface area (TPSA) is 37.6 Å². The molecule has 2 aromatic heterocycles. The molecule has 0 N–H and O–H groups in total. The number of rotatable bonds is 3. The van der Waals surface area contributed by atoms with Crippen LogP contribution in [0.4, 0.5) is 10.1 Å². The smallest absolute Gasteiger partial charge is 0.232 e. The first kappa shape index (κ1) is 17.1. The van der Waals surface area contributed by atoms with Crippen LogP contribution in [0.15, 0.2) is 60.1 Å². The first-order valence-corrected chi connectivity index (χ1v) is 10.2. The number of nitrogens with zero attached hydrogens (tertiary/aromatic N) is 3. The second-order valence-corrected chi connectivity index (χ2v) is 7.81. The van der Waals surface area contributed by atoms with Gasteiger partial charge in [-0.3, -0.25) is 9.20 Å². The zero-order chi connectivity index (χ0) is 19.1. The average Bonchev–Trinajstić information content (AvgIpc) is 3.30. The van der Waals surface area contributed by atoms with Gasteiger partial charge < -0.3 is 4.90 Å². The molecule has 0 atom stereocenters. The summed E-state index contributed by atoms with van der Waals surface area (Å²) in [6.07, 6.45) is 4.02. The van der Waals surface area contributed by atoms with Gasteiger partial charge in [0, 0.05) is 35.1 Å². The van der Waals surface area contributed by atoms with Crippen molar-refractivity contribution < 1.29 is 9.18 Å². The minimum absolute atomic E-state index is 0.0128. The summed E-state index contributed by atoms with van der Waals surface area (Å²) in [5, 5.41) is 1.98. The van der Waals surface area contributed by atoms with Crippen molar-refractivity contribution in [1.29, 1.82) is 0 Å². The summed E-state index contributed by atoms with van der Waals surface area (Å²) in [6, 6.07) is 14.7. The lowest BCUT2D eigenvalue weighted by atomic mass is 10.0. The van der Waals surface area contributed by atoms with E-state index in [0.717, 1.165) is 40.3 Å². The summed E-state index contributed by atoms with van der Waals surface area (Å²) in [7, 11) is 0. The summed E-state index contributed by atoms with van der Waals surface area (Å²) in [4.78, 5) is 20.3. The Hall–Kier alpha value is -2.99. The maximum absolute atomic E-state index is 13.7. The molecule has 0 radical (unpaired) electrons. The quantitative estimate of drug-likeness (QED) is 0.507. The Labute approximate surface area is 165 Å². The van der Waals surface area contributed by atoms with Crippen LogP contribution >= 0.6 is 11.3 Å². The Kier molecular flexibility index (Phi) is 4.20. The van der Waals surface area contributed by atoms with E-state index < -0.39 is 0 Å². The van der Waals surface area contributed by atoms with E-state index in [1.807, 2.05) is 46.3 Å². The maximum atomic E-state index is 13.7. The van der Waals surface area contributed by atoms with Gasteiger partial charge in [0.2, 0.25) is 5.91 Å². The fourth-order valence-electron chi connectivity index (χ4n) is 3.76. The van der Waals surface area contributed by atoms with Gasteiger partial charge >= 0.3 is 0 Å². The second kappa shape index (κ2) is 6.87. The molecule has 4 nitrogen and oxygen atoms in total. The number of halogens is 1. The van der Waals surface area contributed by atoms with Crippen molar-refractivity contribution in [2.75, 3.05) is 11.4 Å². The number of carbonyl (C=O) groups excluding carboxylic acids is 1. The van der Waals surface area contributed by atoms with Gasteiger partial charge in [0.25, 0.3) is 0 Å². The summed E-state index contributed by atoms with van der Waals surface area (Å²) < 4.78 is 15.7. The van der Waals surface area contributed by atoms with E-state index in [1.54, 1.807) is 11.0 Å². The first-order chi connectivity index (χ1) is 13.7. The molecule has 1 amide bonds. The normalized spacial score (nSPS) is 13.7.